The molecule has 94 valence electrons. The largest absolute Gasteiger partial charge is 0.368 e. The summed E-state index contributed by atoms with van der Waals surface area (Å²) < 4.78 is 0. The Labute approximate surface area is 104 Å². The molecule has 0 bridgehead atoms. The summed E-state index contributed by atoms with van der Waals surface area (Å²) in [6.45, 7) is 9.18. The highest BCUT2D eigenvalue weighted by Gasteiger charge is 2.18. The molecule has 1 aromatic rings. The number of hydrogen-bond donors (Lipinski definition) is 0. The molecule has 1 amide bonds. The van der Waals surface area contributed by atoms with Crippen molar-refractivity contribution in [2.24, 2.45) is 0 Å². The lowest BCUT2D eigenvalue weighted by Gasteiger charge is -2.35. The number of rotatable bonds is 1. The number of amides is 1. The highest BCUT2D eigenvalue weighted by molar-refractivity contribution is 5.73. The summed E-state index contributed by atoms with van der Waals surface area (Å²) in [4.78, 5) is 15.4. The molecular formula is C14H22N2O. The summed E-state index contributed by atoms with van der Waals surface area (Å²) in [6.07, 6.45) is 0. The SMILES string of the molecule is CC.CC(=O)N1CCN(c2ccccc2)CC1. The minimum Gasteiger partial charge on any atom is -0.368 e. The molecule has 1 aliphatic heterocycles. The van der Waals surface area contributed by atoms with Crippen LogP contribution in [0.3, 0.4) is 0 Å². The summed E-state index contributed by atoms with van der Waals surface area (Å²) in [6, 6.07) is 10.3. The van der Waals surface area contributed by atoms with E-state index in [1.807, 2.05) is 36.9 Å². The fraction of sp³-hybridized carbons (Fsp3) is 0.500. The summed E-state index contributed by atoms with van der Waals surface area (Å²) >= 11 is 0. The Bertz CT molecular complexity index is 329. The first-order chi connectivity index (χ1) is 8.27. The van der Waals surface area contributed by atoms with Crippen molar-refractivity contribution in [3.8, 4) is 0 Å². The Morgan fingerprint density at radius 2 is 1.53 bits per heavy atom. The van der Waals surface area contributed by atoms with Gasteiger partial charge in [-0.3, -0.25) is 4.79 Å². The summed E-state index contributed by atoms with van der Waals surface area (Å²) in [5.74, 6) is 0.183. The van der Waals surface area contributed by atoms with E-state index < -0.39 is 0 Å². The Kier molecular flexibility index (Phi) is 5.53. The van der Waals surface area contributed by atoms with Crippen LogP contribution in [0.2, 0.25) is 0 Å². The van der Waals surface area contributed by atoms with Crippen molar-refractivity contribution in [2.75, 3.05) is 31.1 Å². The van der Waals surface area contributed by atoms with E-state index in [4.69, 9.17) is 0 Å². The Morgan fingerprint density at radius 1 is 1.00 bits per heavy atom. The average Bonchev–Trinajstić information content (AvgIpc) is 2.42. The number of carbonyl (C=O) groups excluding carboxylic acids is 1. The van der Waals surface area contributed by atoms with Crippen molar-refractivity contribution in [3.05, 3.63) is 30.3 Å². The zero-order valence-corrected chi connectivity index (χ0v) is 11.0. The molecule has 1 aromatic carbocycles. The second-order valence-electron chi connectivity index (χ2n) is 3.83. The monoisotopic (exact) mass is 234 g/mol. The lowest BCUT2D eigenvalue weighted by Crippen LogP contribution is -2.48. The van der Waals surface area contributed by atoms with E-state index in [0.717, 1.165) is 26.2 Å². The van der Waals surface area contributed by atoms with Crippen LogP contribution in [0.25, 0.3) is 0 Å². The maximum Gasteiger partial charge on any atom is 0.219 e. The lowest BCUT2D eigenvalue weighted by molar-refractivity contribution is -0.129. The third-order valence-corrected chi connectivity index (χ3v) is 2.85. The van der Waals surface area contributed by atoms with Gasteiger partial charge in [0.05, 0.1) is 0 Å². The molecule has 0 unspecified atom stereocenters. The smallest absolute Gasteiger partial charge is 0.219 e. The number of carbonyl (C=O) groups is 1. The first kappa shape index (κ1) is 13.6. The fourth-order valence-corrected chi connectivity index (χ4v) is 1.92. The van der Waals surface area contributed by atoms with E-state index in [9.17, 15) is 4.79 Å². The van der Waals surface area contributed by atoms with Gasteiger partial charge < -0.3 is 9.80 Å². The zero-order valence-electron chi connectivity index (χ0n) is 11.0. The van der Waals surface area contributed by atoms with Crippen LogP contribution in [0.5, 0.6) is 0 Å². The van der Waals surface area contributed by atoms with Gasteiger partial charge in [-0.1, -0.05) is 32.0 Å². The molecule has 2 rings (SSSR count). The van der Waals surface area contributed by atoms with E-state index in [-0.39, 0.29) is 5.91 Å². The van der Waals surface area contributed by atoms with Crippen LogP contribution >= 0.6 is 0 Å². The number of benzene rings is 1. The zero-order chi connectivity index (χ0) is 12.7. The van der Waals surface area contributed by atoms with Crippen LogP contribution in [0.15, 0.2) is 30.3 Å². The van der Waals surface area contributed by atoms with Crippen molar-refractivity contribution in [3.63, 3.8) is 0 Å². The van der Waals surface area contributed by atoms with Crippen molar-refractivity contribution < 1.29 is 4.79 Å². The molecule has 1 heterocycles. The molecule has 1 aliphatic rings. The molecule has 0 saturated carbocycles. The third kappa shape index (κ3) is 3.77. The Morgan fingerprint density at radius 3 is 2.00 bits per heavy atom. The molecule has 0 aliphatic carbocycles. The van der Waals surface area contributed by atoms with Crippen LogP contribution in [0.4, 0.5) is 5.69 Å². The second-order valence-corrected chi connectivity index (χ2v) is 3.83. The predicted molar refractivity (Wildman–Crippen MR) is 72.3 cm³/mol. The van der Waals surface area contributed by atoms with Crippen LogP contribution in [-0.4, -0.2) is 37.0 Å². The van der Waals surface area contributed by atoms with E-state index in [2.05, 4.69) is 17.0 Å². The standard InChI is InChI=1S/C12H16N2O.C2H6/c1-11(15)13-7-9-14(10-8-13)12-5-3-2-4-6-12;1-2/h2-6H,7-10H2,1H3;1-2H3. The van der Waals surface area contributed by atoms with E-state index in [1.165, 1.54) is 5.69 Å². The van der Waals surface area contributed by atoms with Crippen LogP contribution < -0.4 is 4.90 Å². The van der Waals surface area contributed by atoms with Crippen molar-refractivity contribution in [1.29, 1.82) is 0 Å². The van der Waals surface area contributed by atoms with Gasteiger partial charge in [-0.25, -0.2) is 0 Å². The summed E-state index contributed by atoms with van der Waals surface area (Å²) in [7, 11) is 0. The number of anilines is 1. The highest BCUT2D eigenvalue weighted by Crippen LogP contribution is 2.15. The molecule has 1 fully saturated rings. The number of para-hydroxylation sites is 1. The van der Waals surface area contributed by atoms with Gasteiger partial charge in [0.1, 0.15) is 0 Å². The maximum absolute atomic E-state index is 11.1. The molecule has 3 heteroatoms. The third-order valence-electron chi connectivity index (χ3n) is 2.85. The minimum absolute atomic E-state index is 0.183. The van der Waals surface area contributed by atoms with Crippen molar-refractivity contribution in [1.82, 2.24) is 4.90 Å². The molecule has 0 radical (unpaired) electrons. The maximum atomic E-state index is 11.1. The van der Waals surface area contributed by atoms with Crippen LogP contribution in [0.1, 0.15) is 20.8 Å². The van der Waals surface area contributed by atoms with E-state index in [0.29, 0.717) is 0 Å². The van der Waals surface area contributed by atoms with Gasteiger partial charge in [0.2, 0.25) is 5.91 Å². The molecule has 0 aromatic heterocycles. The first-order valence-electron chi connectivity index (χ1n) is 6.33. The Balaban J connectivity index is 0.000000686. The number of piperazine rings is 1. The van der Waals surface area contributed by atoms with Gasteiger partial charge >= 0.3 is 0 Å². The van der Waals surface area contributed by atoms with Gasteiger partial charge in [0, 0.05) is 38.8 Å². The molecular weight excluding hydrogens is 212 g/mol. The van der Waals surface area contributed by atoms with Gasteiger partial charge in [-0.2, -0.15) is 0 Å². The predicted octanol–water partition coefficient (Wildman–Crippen LogP) is 2.38. The van der Waals surface area contributed by atoms with Crippen molar-refractivity contribution in [2.45, 2.75) is 20.8 Å². The number of hydrogen-bond acceptors (Lipinski definition) is 2. The van der Waals surface area contributed by atoms with Crippen LogP contribution in [-0.2, 0) is 4.79 Å². The van der Waals surface area contributed by atoms with Crippen molar-refractivity contribution >= 4 is 11.6 Å². The van der Waals surface area contributed by atoms with Gasteiger partial charge in [0.15, 0.2) is 0 Å². The van der Waals surface area contributed by atoms with Gasteiger partial charge in [0.25, 0.3) is 0 Å². The molecule has 0 N–H and O–H groups in total. The lowest BCUT2D eigenvalue weighted by atomic mass is 10.2. The van der Waals surface area contributed by atoms with Crippen LogP contribution in [0, 0.1) is 0 Å². The minimum atomic E-state index is 0.183. The molecule has 0 spiro atoms. The molecule has 0 atom stereocenters. The quantitative estimate of drug-likeness (QED) is 0.745. The topological polar surface area (TPSA) is 23.6 Å². The summed E-state index contributed by atoms with van der Waals surface area (Å²) in [5.41, 5.74) is 1.25. The summed E-state index contributed by atoms with van der Waals surface area (Å²) in [5, 5.41) is 0. The molecule has 3 nitrogen and oxygen atoms in total. The average molecular weight is 234 g/mol. The van der Waals surface area contributed by atoms with Gasteiger partial charge in [-0.15, -0.1) is 0 Å². The Hall–Kier alpha value is -1.51. The molecule has 1 saturated heterocycles. The van der Waals surface area contributed by atoms with E-state index >= 15 is 0 Å². The van der Waals surface area contributed by atoms with E-state index in [1.54, 1.807) is 6.92 Å². The molecule has 17 heavy (non-hydrogen) atoms. The number of nitrogens with zero attached hydrogens (tertiary/aromatic N) is 2. The van der Waals surface area contributed by atoms with Gasteiger partial charge in [-0.05, 0) is 12.1 Å². The highest BCUT2D eigenvalue weighted by atomic mass is 16.2. The second kappa shape index (κ2) is 6.94. The normalized spacial score (nSPS) is 15.0. The fourth-order valence-electron chi connectivity index (χ4n) is 1.92. The first-order valence-corrected chi connectivity index (χ1v) is 6.33.